The summed E-state index contributed by atoms with van der Waals surface area (Å²) < 4.78 is 0. The fourth-order valence-electron chi connectivity index (χ4n) is 2.57. The molecule has 0 saturated heterocycles. The first-order valence-corrected chi connectivity index (χ1v) is 5.86. The standard InChI is InChI=1S/C9H15NO2S/c11-3-4-13-9-7-2-1-6(5-7)8(9)10-12/h6-7,9,11-12H,1-5H2/b10-8+/t6-,7-,9+/m1/s1. The van der Waals surface area contributed by atoms with Crippen molar-refractivity contribution >= 4 is 17.5 Å². The normalized spacial score (nSPS) is 40.4. The van der Waals surface area contributed by atoms with Crippen LogP contribution in [0.5, 0.6) is 0 Å². The van der Waals surface area contributed by atoms with Crippen molar-refractivity contribution in [2.24, 2.45) is 17.0 Å². The minimum Gasteiger partial charge on any atom is -0.411 e. The van der Waals surface area contributed by atoms with Crippen LogP contribution < -0.4 is 0 Å². The van der Waals surface area contributed by atoms with E-state index in [2.05, 4.69) is 5.16 Å². The van der Waals surface area contributed by atoms with Gasteiger partial charge in [-0.05, 0) is 25.2 Å². The van der Waals surface area contributed by atoms with Crippen molar-refractivity contribution in [3.63, 3.8) is 0 Å². The minimum atomic E-state index is 0.220. The van der Waals surface area contributed by atoms with Gasteiger partial charge in [-0.1, -0.05) is 5.16 Å². The van der Waals surface area contributed by atoms with E-state index in [4.69, 9.17) is 10.3 Å². The molecule has 3 nitrogen and oxygen atoms in total. The maximum Gasteiger partial charge on any atom is 0.0734 e. The predicted molar refractivity (Wildman–Crippen MR) is 53.4 cm³/mol. The van der Waals surface area contributed by atoms with E-state index in [1.165, 1.54) is 19.3 Å². The summed E-state index contributed by atoms with van der Waals surface area (Å²) in [4.78, 5) is 0. The zero-order chi connectivity index (χ0) is 9.26. The molecule has 2 rings (SSSR count). The molecule has 0 unspecified atom stereocenters. The monoisotopic (exact) mass is 201 g/mol. The minimum absolute atomic E-state index is 0.220. The van der Waals surface area contributed by atoms with E-state index in [1.54, 1.807) is 11.8 Å². The van der Waals surface area contributed by atoms with Gasteiger partial charge in [0, 0.05) is 16.9 Å². The molecule has 4 heteroatoms. The van der Waals surface area contributed by atoms with Crippen molar-refractivity contribution in [2.75, 3.05) is 12.4 Å². The Bertz CT molecular complexity index is 220. The number of thioether (sulfide) groups is 1. The average molecular weight is 201 g/mol. The Kier molecular flexibility index (Phi) is 2.79. The first-order chi connectivity index (χ1) is 6.36. The Morgan fingerprint density at radius 1 is 1.46 bits per heavy atom. The molecule has 2 N–H and O–H groups in total. The van der Waals surface area contributed by atoms with E-state index in [9.17, 15) is 0 Å². The molecule has 0 aromatic rings. The van der Waals surface area contributed by atoms with Gasteiger partial charge in [0.15, 0.2) is 0 Å². The molecule has 2 aliphatic carbocycles. The summed E-state index contributed by atoms with van der Waals surface area (Å²) in [5, 5.41) is 21.4. The lowest BCUT2D eigenvalue weighted by Crippen LogP contribution is -2.25. The summed E-state index contributed by atoms with van der Waals surface area (Å²) in [5.74, 6) is 1.99. The number of hydrogen-bond donors (Lipinski definition) is 2. The fraction of sp³-hybridized carbons (Fsp3) is 0.889. The Balaban J connectivity index is 2.01. The number of rotatable bonds is 3. The molecule has 0 heterocycles. The quantitative estimate of drug-likeness (QED) is 0.535. The molecule has 13 heavy (non-hydrogen) atoms. The van der Waals surface area contributed by atoms with Gasteiger partial charge in [0.1, 0.15) is 0 Å². The van der Waals surface area contributed by atoms with E-state index < -0.39 is 0 Å². The van der Waals surface area contributed by atoms with E-state index in [1.807, 2.05) is 0 Å². The summed E-state index contributed by atoms with van der Waals surface area (Å²) in [6, 6.07) is 0. The highest BCUT2D eigenvalue weighted by atomic mass is 32.2. The Labute approximate surface area is 82.2 Å². The highest BCUT2D eigenvalue weighted by molar-refractivity contribution is 8.00. The summed E-state index contributed by atoms with van der Waals surface area (Å²) in [6.07, 6.45) is 3.66. The number of fused-ring (bicyclic) bond motifs is 2. The third kappa shape index (κ3) is 1.57. The zero-order valence-corrected chi connectivity index (χ0v) is 8.33. The molecule has 0 aromatic carbocycles. The van der Waals surface area contributed by atoms with Gasteiger partial charge in [-0.15, -0.1) is 11.8 Å². The van der Waals surface area contributed by atoms with E-state index in [-0.39, 0.29) is 6.61 Å². The maximum atomic E-state index is 8.87. The molecular weight excluding hydrogens is 186 g/mol. The van der Waals surface area contributed by atoms with Crippen molar-refractivity contribution in [1.82, 2.24) is 0 Å². The van der Waals surface area contributed by atoms with Gasteiger partial charge >= 0.3 is 0 Å². The van der Waals surface area contributed by atoms with Crippen LogP contribution in [0.4, 0.5) is 0 Å². The number of nitrogens with zero attached hydrogens (tertiary/aromatic N) is 1. The molecule has 2 aliphatic rings. The molecule has 2 fully saturated rings. The van der Waals surface area contributed by atoms with Gasteiger partial charge in [0.25, 0.3) is 0 Å². The molecule has 74 valence electrons. The van der Waals surface area contributed by atoms with E-state index in [0.717, 1.165) is 11.5 Å². The van der Waals surface area contributed by atoms with Crippen molar-refractivity contribution < 1.29 is 10.3 Å². The van der Waals surface area contributed by atoms with Gasteiger partial charge in [-0.3, -0.25) is 0 Å². The van der Waals surface area contributed by atoms with Crippen LogP contribution in [0.2, 0.25) is 0 Å². The Morgan fingerprint density at radius 3 is 3.00 bits per heavy atom. The number of oxime groups is 1. The molecule has 3 atom stereocenters. The van der Waals surface area contributed by atoms with E-state index in [0.29, 0.717) is 17.1 Å². The molecule has 2 bridgehead atoms. The van der Waals surface area contributed by atoms with Crippen LogP contribution in [0.1, 0.15) is 19.3 Å². The van der Waals surface area contributed by atoms with Gasteiger partial charge in [-0.2, -0.15) is 0 Å². The van der Waals surface area contributed by atoms with E-state index >= 15 is 0 Å². The van der Waals surface area contributed by atoms with Crippen molar-refractivity contribution in [2.45, 2.75) is 24.5 Å². The lowest BCUT2D eigenvalue weighted by atomic mass is 9.98. The molecule has 0 aliphatic heterocycles. The van der Waals surface area contributed by atoms with Crippen LogP contribution >= 0.6 is 11.8 Å². The van der Waals surface area contributed by atoms with Crippen molar-refractivity contribution in [3.8, 4) is 0 Å². The first kappa shape index (κ1) is 9.34. The largest absolute Gasteiger partial charge is 0.411 e. The third-order valence-corrected chi connectivity index (χ3v) is 4.52. The fourth-order valence-corrected chi connectivity index (χ4v) is 3.86. The third-order valence-electron chi connectivity index (χ3n) is 3.12. The number of aliphatic hydroxyl groups excluding tert-OH is 1. The van der Waals surface area contributed by atoms with Crippen LogP contribution in [0.3, 0.4) is 0 Å². The SMILES string of the molecule is OCCS[C@@H]1/C(=N/O)[C@@H]2CC[C@@H]1C2. The summed E-state index contributed by atoms with van der Waals surface area (Å²) in [7, 11) is 0. The van der Waals surface area contributed by atoms with Crippen molar-refractivity contribution in [1.29, 1.82) is 0 Å². The molecule has 0 aromatic heterocycles. The molecule has 0 amide bonds. The van der Waals surface area contributed by atoms with Crippen LogP contribution in [-0.4, -0.2) is 33.6 Å². The second-order valence-corrected chi connectivity index (χ2v) is 5.06. The number of hydrogen-bond acceptors (Lipinski definition) is 4. The van der Waals surface area contributed by atoms with Crippen LogP contribution in [0.15, 0.2) is 5.16 Å². The lowest BCUT2D eigenvalue weighted by Gasteiger charge is -2.21. The van der Waals surface area contributed by atoms with Crippen LogP contribution in [0, 0.1) is 11.8 Å². The second kappa shape index (κ2) is 3.88. The Hall–Kier alpha value is -0.220. The lowest BCUT2D eigenvalue weighted by molar-refractivity contribution is 0.313. The zero-order valence-electron chi connectivity index (χ0n) is 7.52. The van der Waals surface area contributed by atoms with Crippen LogP contribution in [0.25, 0.3) is 0 Å². The predicted octanol–water partition coefficient (Wildman–Crippen LogP) is 1.34. The smallest absolute Gasteiger partial charge is 0.0734 e. The molecule has 0 radical (unpaired) electrons. The van der Waals surface area contributed by atoms with Crippen LogP contribution in [-0.2, 0) is 0 Å². The summed E-state index contributed by atoms with van der Waals surface area (Å²) in [6.45, 7) is 0.220. The highest BCUT2D eigenvalue weighted by Crippen LogP contribution is 2.47. The molecule has 2 saturated carbocycles. The molecular formula is C9H15NO2S. The summed E-state index contributed by atoms with van der Waals surface area (Å²) >= 11 is 1.74. The van der Waals surface area contributed by atoms with Crippen molar-refractivity contribution in [3.05, 3.63) is 0 Å². The number of aliphatic hydroxyl groups is 1. The van der Waals surface area contributed by atoms with Gasteiger partial charge < -0.3 is 10.3 Å². The van der Waals surface area contributed by atoms with Gasteiger partial charge in [0.2, 0.25) is 0 Å². The van der Waals surface area contributed by atoms with Gasteiger partial charge in [0.05, 0.1) is 12.3 Å². The first-order valence-electron chi connectivity index (χ1n) is 4.81. The summed E-state index contributed by atoms with van der Waals surface area (Å²) in [5.41, 5.74) is 0.981. The second-order valence-electron chi connectivity index (χ2n) is 3.81. The maximum absolute atomic E-state index is 8.87. The topological polar surface area (TPSA) is 52.8 Å². The van der Waals surface area contributed by atoms with Gasteiger partial charge in [-0.25, -0.2) is 0 Å². The average Bonchev–Trinajstić information content (AvgIpc) is 2.73. The Morgan fingerprint density at radius 2 is 2.31 bits per heavy atom. The molecule has 0 spiro atoms. The highest BCUT2D eigenvalue weighted by Gasteiger charge is 2.45.